The number of piperidine rings is 1. The van der Waals surface area contributed by atoms with Crippen LogP contribution in [0.1, 0.15) is 30.3 Å². The molecule has 0 unspecified atom stereocenters. The number of nitrogens with zero attached hydrogens (tertiary/aromatic N) is 2. The first-order valence-corrected chi connectivity index (χ1v) is 9.06. The van der Waals surface area contributed by atoms with Gasteiger partial charge in [0, 0.05) is 18.5 Å². The maximum Gasteiger partial charge on any atom is 0.357 e. The molecule has 1 aliphatic heterocycles. The van der Waals surface area contributed by atoms with E-state index in [1.54, 1.807) is 24.0 Å². The molecule has 2 aromatic rings. The fraction of sp³-hybridized carbons (Fsp3) is 0.400. The van der Waals surface area contributed by atoms with Crippen molar-refractivity contribution in [2.24, 2.45) is 5.92 Å². The molecule has 2 heterocycles. The highest BCUT2D eigenvalue weighted by atomic mass is 16.5. The monoisotopic (exact) mass is 370 g/mol. The normalized spacial score (nSPS) is 14.8. The summed E-state index contributed by atoms with van der Waals surface area (Å²) in [7, 11) is 0. The molecule has 0 saturated carbocycles. The van der Waals surface area contributed by atoms with Crippen LogP contribution in [0.2, 0.25) is 0 Å². The highest BCUT2D eigenvalue weighted by Crippen LogP contribution is 2.19. The van der Waals surface area contributed by atoms with Gasteiger partial charge in [0.2, 0.25) is 0 Å². The summed E-state index contributed by atoms with van der Waals surface area (Å²) in [4.78, 5) is 42.0. The Hall–Kier alpha value is -2.96. The molecule has 1 fully saturated rings. The number of aromatic nitrogens is 1. The van der Waals surface area contributed by atoms with Crippen molar-refractivity contribution in [3.05, 3.63) is 42.1 Å². The lowest BCUT2D eigenvalue weighted by Gasteiger charge is -2.30. The summed E-state index contributed by atoms with van der Waals surface area (Å²) in [6.07, 6.45) is 1.12. The maximum atomic E-state index is 12.3. The van der Waals surface area contributed by atoms with Gasteiger partial charge < -0.3 is 14.4 Å². The molecule has 1 amide bonds. The van der Waals surface area contributed by atoms with E-state index in [1.807, 2.05) is 24.3 Å². The van der Waals surface area contributed by atoms with Crippen LogP contribution in [-0.4, -0.2) is 54.0 Å². The number of hydrogen-bond donors (Lipinski definition) is 0. The van der Waals surface area contributed by atoms with Gasteiger partial charge in [-0.3, -0.25) is 9.59 Å². The van der Waals surface area contributed by atoms with Crippen molar-refractivity contribution < 1.29 is 23.9 Å². The van der Waals surface area contributed by atoms with Crippen LogP contribution in [0.25, 0.3) is 10.9 Å². The van der Waals surface area contributed by atoms with E-state index in [-0.39, 0.29) is 30.1 Å². The van der Waals surface area contributed by atoms with Gasteiger partial charge in [-0.1, -0.05) is 24.3 Å². The molecule has 7 nitrogen and oxygen atoms in total. The first kappa shape index (κ1) is 18.8. The predicted octanol–water partition coefficient (Wildman–Crippen LogP) is 2.19. The van der Waals surface area contributed by atoms with E-state index in [0.717, 1.165) is 5.39 Å². The topological polar surface area (TPSA) is 85.8 Å². The number of likely N-dealkylation sites (tertiary alicyclic amines) is 1. The summed E-state index contributed by atoms with van der Waals surface area (Å²) in [6, 6.07) is 10.8. The third kappa shape index (κ3) is 4.61. The zero-order chi connectivity index (χ0) is 19.2. The minimum absolute atomic E-state index is 0.168. The summed E-state index contributed by atoms with van der Waals surface area (Å²) >= 11 is 0. The Labute approximate surface area is 157 Å². The molecule has 3 rings (SSSR count). The average molecular weight is 370 g/mol. The lowest BCUT2D eigenvalue weighted by molar-refractivity contribution is -0.151. The van der Waals surface area contributed by atoms with E-state index in [9.17, 15) is 14.4 Å². The number of carbonyl (C=O) groups is 3. The molecule has 1 aliphatic rings. The van der Waals surface area contributed by atoms with Crippen molar-refractivity contribution in [1.82, 2.24) is 9.88 Å². The lowest BCUT2D eigenvalue weighted by Crippen LogP contribution is -2.42. The van der Waals surface area contributed by atoms with E-state index >= 15 is 0 Å². The fourth-order valence-electron chi connectivity index (χ4n) is 3.10. The summed E-state index contributed by atoms with van der Waals surface area (Å²) in [5.41, 5.74) is 0.863. The highest BCUT2D eigenvalue weighted by molar-refractivity contribution is 5.92. The number of para-hydroxylation sites is 1. The molecular formula is C20H22N2O5. The Morgan fingerprint density at radius 2 is 1.81 bits per heavy atom. The highest BCUT2D eigenvalue weighted by Gasteiger charge is 2.28. The second kappa shape index (κ2) is 8.62. The largest absolute Gasteiger partial charge is 0.466 e. The Morgan fingerprint density at radius 3 is 2.56 bits per heavy atom. The van der Waals surface area contributed by atoms with E-state index < -0.39 is 5.97 Å². The van der Waals surface area contributed by atoms with Crippen LogP contribution in [-0.2, 0) is 19.1 Å². The molecule has 7 heteroatoms. The second-order valence-electron chi connectivity index (χ2n) is 6.37. The molecule has 0 aliphatic carbocycles. The molecule has 0 radical (unpaired) electrons. The van der Waals surface area contributed by atoms with Crippen LogP contribution in [0.5, 0.6) is 0 Å². The number of carbonyl (C=O) groups excluding carboxylic acids is 3. The number of pyridine rings is 1. The number of benzene rings is 1. The summed E-state index contributed by atoms with van der Waals surface area (Å²) in [6.45, 7) is 2.70. The third-order valence-corrected chi connectivity index (χ3v) is 4.60. The van der Waals surface area contributed by atoms with Gasteiger partial charge in [-0.05, 0) is 31.9 Å². The number of hydrogen-bond acceptors (Lipinski definition) is 6. The standard InChI is InChI=1S/C20H22N2O5/c1-2-26-19(24)15-9-11-22(12-10-15)18(23)13-27-20(25)17-8-7-14-5-3-4-6-16(14)21-17/h3-8,15H,2,9-13H2,1H3. The minimum atomic E-state index is -0.629. The van der Waals surface area contributed by atoms with Gasteiger partial charge in [0.15, 0.2) is 6.61 Å². The molecule has 0 spiro atoms. The van der Waals surface area contributed by atoms with Crippen LogP contribution in [0.4, 0.5) is 0 Å². The molecule has 27 heavy (non-hydrogen) atoms. The zero-order valence-electron chi connectivity index (χ0n) is 15.2. The Balaban J connectivity index is 1.50. The van der Waals surface area contributed by atoms with Crippen LogP contribution >= 0.6 is 0 Å². The zero-order valence-corrected chi connectivity index (χ0v) is 15.2. The molecule has 1 aromatic carbocycles. The summed E-state index contributed by atoms with van der Waals surface area (Å²) in [5, 5.41) is 0.926. The molecule has 0 N–H and O–H groups in total. The first-order valence-electron chi connectivity index (χ1n) is 9.06. The van der Waals surface area contributed by atoms with Crippen molar-refractivity contribution in [2.75, 3.05) is 26.3 Å². The number of amides is 1. The van der Waals surface area contributed by atoms with Crippen molar-refractivity contribution in [1.29, 1.82) is 0 Å². The van der Waals surface area contributed by atoms with E-state index in [2.05, 4.69) is 4.98 Å². The van der Waals surface area contributed by atoms with Gasteiger partial charge in [-0.15, -0.1) is 0 Å². The van der Waals surface area contributed by atoms with Crippen LogP contribution < -0.4 is 0 Å². The van der Waals surface area contributed by atoms with Gasteiger partial charge in [0.05, 0.1) is 18.0 Å². The van der Waals surface area contributed by atoms with Gasteiger partial charge in [-0.25, -0.2) is 9.78 Å². The average Bonchev–Trinajstić information content (AvgIpc) is 2.71. The van der Waals surface area contributed by atoms with Crippen molar-refractivity contribution in [2.45, 2.75) is 19.8 Å². The summed E-state index contributed by atoms with van der Waals surface area (Å²) < 4.78 is 10.1. The molecule has 1 saturated heterocycles. The fourth-order valence-corrected chi connectivity index (χ4v) is 3.10. The molecule has 142 valence electrons. The first-order chi connectivity index (χ1) is 13.1. The third-order valence-electron chi connectivity index (χ3n) is 4.60. The number of ether oxygens (including phenoxy) is 2. The van der Waals surface area contributed by atoms with Gasteiger partial charge in [0.1, 0.15) is 5.69 Å². The van der Waals surface area contributed by atoms with Crippen molar-refractivity contribution >= 4 is 28.7 Å². The Morgan fingerprint density at radius 1 is 1.07 bits per heavy atom. The number of esters is 2. The predicted molar refractivity (Wildman–Crippen MR) is 98.0 cm³/mol. The van der Waals surface area contributed by atoms with Gasteiger partial charge in [-0.2, -0.15) is 0 Å². The van der Waals surface area contributed by atoms with E-state index in [1.165, 1.54) is 0 Å². The Kier molecular flexibility index (Phi) is 6.01. The molecule has 1 aromatic heterocycles. The van der Waals surface area contributed by atoms with Crippen molar-refractivity contribution in [3.8, 4) is 0 Å². The smallest absolute Gasteiger partial charge is 0.357 e. The van der Waals surface area contributed by atoms with E-state index in [0.29, 0.717) is 38.1 Å². The van der Waals surface area contributed by atoms with Crippen LogP contribution in [0.3, 0.4) is 0 Å². The van der Waals surface area contributed by atoms with Crippen molar-refractivity contribution in [3.63, 3.8) is 0 Å². The quantitative estimate of drug-likeness (QED) is 0.750. The number of fused-ring (bicyclic) bond motifs is 1. The SMILES string of the molecule is CCOC(=O)C1CCN(C(=O)COC(=O)c2ccc3ccccc3n2)CC1. The Bertz CT molecular complexity index is 843. The molecule has 0 bridgehead atoms. The van der Waals surface area contributed by atoms with Crippen LogP contribution in [0, 0.1) is 5.92 Å². The lowest BCUT2D eigenvalue weighted by atomic mass is 9.97. The van der Waals surface area contributed by atoms with Gasteiger partial charge in [0.25, 0.3) is 5.91 Å². The summed E-state index contributed by atoms with van der Waals surface area (Å²) in [5.74, 6) is -1.28. The van der Waals surface area contributed by atoms with Crippen LogP contribution in [0.15, 0.2) is 36.4 Å². The number of rotatable bonds is 5. The van der Waals surface area contributed by atoms with E-state index in [4.69, 9.17) is 9.47 Å². The maximum absolute atomic E-state index is 12.3. The molecular weight excluding hydrogens is 348 g/mol. The minimum Gasteiger partial charge on any atom is -0.466 e. The van der Waals surface area contributed by atoms with Gasteiger partial charge >= 0.3 is 11.9 Å². The second-order valence-corrected chi connectivity index (χ2v) is 6.37. The molecule has 0 atom stereocenters.